The smallest absolute Gasteiger partial charge is 0.240 e. The van der Waals surface area contributed by atoms with Gasteiger partial charge in [0, 0.05) is 13.1 Å². The molecule has 21 heavy (non-hydrogen) atoms. The number of nitrogens with zero attached hydrogens (tertiary/aromatic N) is 5. The topological polar surface area (TPSA) is 69.2 Å². The summed E-state index contributed by atoms with van der Waals surface area (Å²) in [6, 6.07) is 0.292. The van der Waals surface area contributed by atoms with Gasteiger partial charge in [0.2, 0.25) is 11.8 Å². The lowest BCUT2D eigenvalue weighted by atomic mass is 10.1. The predicted octanol–water partition coefficient (Wildman–Crippen LogP) is 1.77. The van der Waals surface area contributed by atoms with E-state index in [4.69, 9.17) is 9.26 Å². The van der Waals surface area contributed by atoms with E-state index in [1.165, 1.54) is 5.56 Å². The molecule has 0 saturated carbocycles. The van der Waals surface area contributed by atoms with Gasteiger partial charge in [-0.3, -0.25) is 4.90 Å². The van der Waals surface area contributed by atoms with Crippen LogP contribution in [0.25, 0.3) is 0 Å². The maximum absolute atomic E-state index is 5.53. The van der Waals surface area contributed by atoms with Crippen LogP contribution in [0, 0.1) is 13.8 Å². The summed E-state index contributed by atoms with van der Waals surface area (Å²) in [7, 11) is 3.61. The minimum absolute atomic E-state index is 0.292. The zero-order chi connectivity index (χ0) is 15.0. The van der Waals surface area contributed by atoms with Crippen molar-refractivity contribution in [3.63, 3.8) is 0 Å². The van der Waals surface area contributed by atoms with Crippen LogP contribution in [-0.4, -0.2) is 38.5 Å². The summed E-state index contributed by atoms with van der Waals surface area (Å²) in [5, 5.41) is 8.34. The van der Waals surface area contributed by atoms with Crippen LogP contribution in [-0.2, 0) is 13.6 Å². The highest BCUT2D eigenvalue weighted by Crippen LogP contribution is 2.39. The second-order valence-electron chi connectivity index (χ2n) is 5.50. The molecule has 7 heteroatoms. The molecule has 7 nitrogen and oxygen atoms in total. The van der Waals surface area contributed by atoms with Crippen LogP contribution < -0.4 is 4.74 Å². The van der Waals surface area contributed by atoms with Crippen molar-refractivity contribution in [2.45, 2.75) is 39.3 Å². The Hall–Kier alpha value is -1.89. The Morgan fingerprint density at radius 2 is 2.19 bits per heavy atom. The molecule has 1 unspecified atom stereocenters. The first-order valence-electron chi connectivity index (χ1n) is 7.21. The second-order valence-corrected chi connectivity index (χ2v) is 5.50. The van der Waals surface area contributed by atoms with Crippen LogP contribution in [0.1, 0.15) is 41.9 Å². The van der Waals surface area contributed by atoms with E-state index >= 15 is 0 Å². The first kappa shape index (κ1) is 14.1. The number of methoxy groups -OCH3 is 1. The lowest BCUT2D eigenvalue weighted by Crippen LogP contribution is -2.23. The van der Waals surface area contributed by atoms with Crippen LogP contribution in [0.3, 0.4) is 0 Å². The number of aryl methyl sites for hydroxylation is 3. The molecule has 3 rings (SSSR count). The third-order valence-corrected chi connectivity index (χ3v) is 4.01. The number of hydrogen-bond donors (Lipinski definition) is 0. The Bertz CT molecular complexity index is 633. The molecule has 0 aromatic carbocycles. The van der Waals surface area contributed by atoms with Gasteiger partial charge >= 0.3 is 0 Å². The summed E-state index contributed by atoms with van der Waals surface area (Å²) >= 11 is 0. The highest BCUT2D eigenvalue weighted by atomic mass is 16.5. The van der Waals surface area contributed by atoms with Gasteiger partial charge in [-0.2, -0.15) is 10.1 Å². The van der Waals surface area contributed by atoms with Crippen molar-refractivity contribution in [2.75, 3.05) is 13.7 Å². The van der Waals surface area contributed by atoms with Crippen LogP contribution >= 0.6 is 0 Å². The van der Waals surface area contributed by atoms with Crippen molar-refractivity contribution >= 4 is 0 Å². The molecule has 2 aromatic heterocycles. The highest BCUT2D eigenvalue weighted by Gasteiger charge is 2.33. The van der Waals surface area contributed by atoms with Crippen LogP contribution in [0.2, 0.25) is 0 Å². The van der Waals surface area contributed by atoms with E-state index in [0.29, 0.717) is 24.3 Å². The summed E-state index contributed by atoms with van der Waals surface area (Å²) in [6.45, 7) is 5.56. The summed E-state index contributed by atoms with van der Waals surface area (Å²) in [4.78, 5) is 6.66. The fourth-order valence-electron chi connectivity index (χ4n) is 3.20. The summed E-state index contributed by atoms with van der Waals surface area (Å²) in [5.41, 5.74) is 2.20. The molecule has 0 N–H and O–H groups in total. The molecule has 1 aliphatic heterocycles. The minimum atomic E-state index is 0.292. The standard InChI is InChI=1S/C14H21N5O2/c1-9-13(14(20-4)18(3)16-9)11-6-5-7-19(11)8-12-15-10(2)17-21-12/h11H,5-8H2,1-4H3. The number of hydrogen-bond acceptors (Lipinski definition) is 6. The molecule has 0 amide bonds. The van der Waals surface area contributed by atoms with Gasteiger partial charge in [-0.05, 0) is 33.2 Å². The van der Waals surface area contributed by atoms with Crippen molar-refractivity contribution in [3.8, 4) is 5.88 Å². The Kier molecular flexibility index (Phi) is 3.67. The maximum Gasteiger partial charge on any atom is 0.240 e. The first-order valence-corrected chi connectivity index (χ1v) is 7.21. The van der Waals surface area contributed by atoms with Crippen LogP contribution in [0.15, 0.2) is 4.52 Å². The fraction of sp³-hybridized carbons (Fsp3) is 0.643. The lowest BCUT2D eigenvalue weighted by Gasteiger charge is -2.23. The summed E-state index contributed by atoms with van der Waals surface area (Å²) in [5.74, 6) is 2.18. The molecule has 1 atom stereocenters. The van der Waals surface area contributed by atoms with Crippen LogP contribution in [0.5, 0.6) is 5.88 Å². The Morgan fingerprint density at radius 3 is 2.86 bits per heavy atom. The SMILES string of the molecule is COc1c(C2CCCN2Cc2nc(C)no2)c(C)nn1C. The zero-order valence-electron chi connectivity index (χ0n) is 13.0. The molecule has 0 spiro atoms. The zero-order valence-corrected chi connectivity index (χ0v) is 13.0. The van der Waals surface area contributed by atoms with Crippen LogP contribution in [0.4, 0.5) is 0 Å². The van der Waals surface area contributed by atoms with Gasteiger partial charge < -0.3 is 9.26 Å². The number of rotatable bonds is 4. The van der Waals surface area contributed by atoms with E-state index in [9.17, 15) is 0 Å². The normalized spacial score (nSPS) is 19.3. The van der Waals surface area contributed by atoms with E-state index in [0.717, 1.165) is 31.0 Å². The van der Waals surface area contributed by atoms with E-state index in [2.05, 4.69) is 20.1 Å². The van der Waals surface area contributed by atoms with E-state index in [1.807, 2.05) is 20.9 Å². The molecule has 0 aliphatic carbocycles. The Labute approximate surface area is 123 Å². The number of aromatic nitrogens is 4. The van der Waals surface area contributed by atoms with E-state index < -0.39 is 0 Å². The van der Waals surface area contributed by atoms with Gasteiger partial charge in [-0.25, -0.2) is 4.68 Å². The Morgan fingerprint density at radius 1 is 1.38 bits per heavy atom. The minimum Gasteiger partial charge on any atom is -0.481 e. The third kappa shape index (κ3) is 2.53. The van der Waals surface area contributed by atoms with Crippen molar-refractivity contribution in [1.29, 1.82) is 0 Å². The molecular weight excluding hydrogens is 270 g/mol. The van der Waals surface area contributed by atoms with Gasteiger partial charge in [-0.15, -0.1) is 0 Å². The fourth-order valence-corrected chi connectivity index (χ4v) is 3.20. The monoisotopic (exact) mass is 291 g/mol. The van der Waals surface area contributed by atoms with Gasteiger partial charge in [0.05, 0.1) is 24.9 Å². The molecule has 0 bridgehead atoms. The van der Waals surface area contributed by atoms with Gasteiger partial charge in [0.15, 0.2) is 5.82 Å². The lowest BCUT2D eigenvalue weighted by molar-refractivity contribution is 0.208. The maximum atomic E-state index is 5.53. The molecule has 1 aliphatic rings. The molecule has 0 radical (unpaired) electrons. The molecule has 1 fully saturated rings. The van der Waals surface area contributed by atoms with Crippen molar-refractivity contribution in [2.24, 2.45) is 7.05 Å². The van der Waals surface area contributed by atoms with Gasteiger partial charge in [0.1, 0.15) is 0 Å². The van der Waals surface area contributed by atoms with E-state index in [-0.39, 0.29) is 0 Å². The number of likely N-dealkylation sites (tertiary alicyclic amines) is 1. The van der Waals surface area contributed by atoms with Crippen molar-refractivity contribution in [1.82, 2.24) is 24.8 Å². The number of ether oxygens (including phenoxy) is 1. The molecular formula is C14H21N5O2. The predicted molar refractivity (Wildman–Crippen MR) is 75.9 cm³/mol. The average molecular weight is 291 g/mol. The van der Waals surface area contributed by atoms with Crippen molar-refractivity contribution < 1.29 is 9.26 Å². The van der Waals surface area contributed by atoms with Crippen molar-refractivity contribution in [3.05, 3.63) is 23.0 Å². The van der Waals surface area contributed by atoms with Gasteiger partial charge in [-0.1, -0.05) is 5.16 Å². The molecule has 1 saturated heterocycles. The first-order chi connectivity index (χ1) is 10.1. The third-order valence-electron chi connectivity index (χ3n) is 4.01. The molecule has 2 aromatic rings. The second kappa shape index (κ2) is 5.48. The molecule has 114 valence electrons. The van der Waals surface area contributed by atoms with E-state index in [1.54, 1.807) is 11.8 Å². The summed E-state index contributed by atoms with van der Waals surface area (Å²) < 4.78 is 12.6. The largest absolute Gasteiger partial charge is 0.481 e. The average Bonchev–Trinajstić information content (AvgIpc) is 3.10. The van der Waals surface area contributed by atoms with Gasteiger partial charge in [0.25, 0.3) is 0 Å². The highest BCUT2D eigenvalue weighted by molar-refractivity contribution is 5.35. The molecule has 3 heterocycles. The Balaban J connectivity index is 1.87. The quantitative estimate of drug-likeness (QED) is 0.855. The summed E-state index contributed by atoms with van der Waals surface area (Å²) in [6.07, 6.45) is 2.24.